The number of rotatable bonds is 28. The number of hydrogen-bond donors (Lipinski definition) is 4. The summed E-state index contributed by atoms with van der Waals surface area (Å²) in [4.78, 5) is 43.7. The molecule has 0 bridgehead atoms. The van der Waals surface area contributed by atoms with Crippen LogP contribution < -0.4 is 20.7 Å². The van der Waals surface area contributed by atoms with E-state index in [1.165, 1.54) is 0 Å². The number of aromatic nitrogens is 1. The molecule has 0 unspecified atom stereocenters. The molecule has 300 valence electrons. The molecular formula is C39H49N7O9S. The summed E-state index contributed by atoms with van der Waals surface area (Å²) in [5.41, 5.74) is 11.8. The van der Waals surface area contributed by atoms with Gasteiger partial charge in [0.25, 0.3) is 0 Å². The quantitative estimate of drug-likeness (QED) is 0.0238. The Hall–Kier alpha value is -5.29. The van der Waals surface area contributed by atoms with Gasteiger partial charge in [0, 0.05) is 36.0 Å². The molecule has 2 aromatic heterocycles. The lowest BCUT2D eigenvalue weighted by molar-refractivity contribution is -0.138. The number of nitrogens with one attached hydrogen (secondary N) is 3. The van der Waals surface area contributed by atoms with Crippen molar-refractivity contribution in [2.45, 2.75) is 32.2 Å². The minimum absolute atomic E-state index is 0.224. The molecule has 0 fully saturated rings. The number of aryl methyl sites for hydroxylation is 1. The van der Waals surface area contributed by atoms with Crippen LogP contribution in [0.15, 0.2) is 71.3 Å². The van der Waals surface area contributed by atoms with Crippen LogP contribution in [-0.4, -0.2) is 107 Å². The summed E-state index contributed by atoms with van der Waals surface area (Å²) in [6.07, 6.45) is 2.18. The Morgan fingerprint density at radius 2 is 1.59 bits per heavy atom. The van der Waals surface area contributed by atoms with Gasteiger partial charge in [0.05, 0.1) is 76.6 Å². The number of carboxylic acids is 1. The van der Waals surface area contributed by atoms with Crippen LogP contribution in [0.3, 0.4) is 0 Å². The van der Waals surface area contributed by atoms with Crippen molar-refractivity contribution in [1.29, 1.82) is 0 Å². The Labute approximate surface area is 329 Å². The number of carbonyl (C=O) groups is 3. The topological polar surface area (TPSA) is 215 Å². The van der Waals surface area contributed by atoms with Gasteiger partial charge in [0.15, 0.2) is 0 Å². The lowest BCUT2D eigenvalue weighted by Gasteiger charge is -2.18. The van der Waals surface area contributed by atoms with Crippen LogP contribution in [0.1, 0.15) is 36.4 Å². The smallest absolute Gasteiger partial charge is 0.305 e. The predicted molar refractivity (Wildman–Crippen MR) is 213 cm³/mol. The van der Waals surface area contributed by atoms with Gasteiger partial charge in [-0.15, -0.1) is 11.3 Å². The van der Waals surface area contributed by atoms with Crippen molar-refractivity contribution in [2.75, 3.05) is 84.4 Å². The zero-order chi connectivity index (χ0) is 39.8. The summed E-state index contributed by atoms with van der Waals surface area (Å²) < 4.78 is 28.9. The second-order valence-electron chi connectivity index (χ2n) is 12.4. The largest absolute Gasteiger partial charge is 0.490 e. The van der Waals surface area contributed by atoms with Crippen LogP contribution in [0.25, 0.3) is 31.7 Å². The first-order valence-corrected chi connectivity index (χ1v) is 19.2. The van der Waals surface area contributed by atoms with E-state index in [0.29, 0.717) is 84.5 Å². The standard InChI is InChI=1S/C39H49N7O9S/c1-28-10-13-42-35(25-28)41-12-2-3-36(47)43-27-37(48)45-33(26-38(49)50)30-6-4-29(5-7-30)31-8-9-34(39-32(31)11-24-56-39)55-23-22-54-21-20-53-19-18-52-17-16-51-15-14-44-46-40/h4-11,13,24-25,33H,2-3,12,14-23,26-27H2,1H3,(H,41,42)(H,43,47)(H,45,48)(H,49,50)/t33-/m0/s1. The Kier molecular flexibility index (Phi) is 19.4. The fourth-order valence-electron chi connectivity index (χ4n) is 5.46. The van der Waals surface area contributed by atoms with Crippen molar-refractivity contribution in [2.24, 2.45) is 5.11 Å². The first-order chi connectivity index (χ1) is 27.3. The zero-order valence-corrected chi connectivity index (χ0v) is 32.3. The van der Waals surface area contributed by atoms with E-state index >= 15 is 0 Å². The van der Waals surface area contributed by atoms with Crippen LogP contribution in [-0.2, 0) is 33.3 Å². The van der Waals surface area contributed by atoms with Gasteiger partial charge in [0.1, 0.15) is 18.2 Å². The summed E-state index contributed by atoms with van der Waals surface area (Å²) in [5, 5.41) is 24.5. The molecular weight excluding hydrogens is 743 g/mol. The van der Waals surface area contributed by atoms with E-state index in [4.69, 9.17) is 29.2 Å². The molecule has 4 aromatic rings. The molecule has 56 heavy (non-hydrogen) atoms. The van der Waals surface area contributed by atoms with E-state index in [1.807, 2.05) is 66.9 Å². The molecule has 0 radical (unpaired) electrons. The molecule has 16 nitrogen and oxygen atoms in total. The lowest BCUT2D eigenvalue weighted by Crippen LogP contribution is -2.39. The van der Waals surface area contributed by atoms with Crippen LogP contribution in [0.2, 0.25) is 0 Å². The maximum absolute atomic E-state index is 12.7. The van der Waals surface area contributed by atoms with Crippen molar-refractivity contribution < 1.29 is 43.2 Å². The van der Waals surface area contributed by atoms with Gasteiger partial charge >= 0.3 is 5.97 Å². The molecule has 0 saturated heterocycles. The number of nitrogens with zero attached hydrogens (tertiary/aromatic N) is 4. The Morgan fingerprint density at radius 3 is 2.27 bits per heavy atom. The molecule has 0 aliphatic rings. The predicted octanol–water partition coefficient (Wildman–Crippen LogP) is 5.67. The van der Waals surface area contributed by atoms with Crippen LogP contribution >= 0.6 is 11.3 Å². The maximum atomic E-state index is 12.7. The highest BCUT2D eigenvalue weighted by Crippen LogP contribution is 2.38. The second kappa shape index (κ2) is 25.0. The molecule has 0 aliphatic carbocycles. The average Bonchev–Trinajstić information content (AvgIpc) is 3.69. The van der Waals surface area contributed by atoms with Crippen molar-refractivity contribution in [3.05, 3.63) is 87.7 Å². The molecule has 2 heterocycles. The van der Waals surface area contributed by atoms with Crippen LogP contribution in [0, 0.1) is 6.92 Å². The molecule has 4 N–H and O–H groups in total. The molecule has 0 spiro atoms. The number of thiophene rings is 1. The second-order valence-corrected chi connectivity index (χ2v) is 13.3. The lowest BCUT2D eigenvalue weighted by atomic mass is 9.97. The van der Waals surface area contributed by atoms with Crippen molar-refractivity contribution in [1.82, 2.24) is 15.6 Å². The summed E-state index contributed by atoms with van der Waals surface area (Å²) in [7, 11) is 0. The van der Waals surface area contributed by atoms with Gasteiger partial charge in [-0.1, -0.05) is 29.4 Å². The minimum atomic E-state index is -1.06. The fourth-order valence-corrected chi connectivity index (χ4v) is 6.35. The number of carboxylic acid groups (broad SMARTS) is 1. The fraction of sp³-hybridized carbons (Fsp3) is 0.436. The number of carbonyl (C=O) groups excluding carboxylic acids is 2. The van der Waals surface area contributed by atoms with E-state index in [2.05, 4.69) is 31.0 Å². The number of pyridine rings is 1. The number of azide groups is 1. The average molecular weight is 792 g/mol. The molecule has 17 heteroatoms. The number of aliphatic carboxylic acids is 1. The van der Waals surface area contributed by atoms with Crippen molar-refractivity contribution in [3.63, 3.8) is 0 Å². The maximum Gasteiger partial charge on any atom is 0.305 e. The number of hydrogen-bond acceptors (Lipinski definition) is 12. The summed E-state index contributed by atoms with van der Waals surface area (Å²) in [6, 6.07) is 16.4. The normalized spacial score (nSPS) is 11.4. The highest BCUT2D eigenvalue weighted by Gasteiger charge is 2.19. The molecule has 2 amide bonds. The third-order valence-corrected chi connectivity index (χ3v) is 9.10. The van der Waals surface area contributed by atoms with E-state index in [1.54, 1.807) is 17.5 Å². The SMILES string of the molecule is Cc1ccnc(NCCCC(=O)NCC(=O)N[C@@H](CC(=O)O)c2ccc(-c3ccc(OCCOCCOCCOCCOCCN=[N+]=[N-])c4sccc34)cc2)c1. The third-order valence-electron chi connectivity index (χ3n) is 8.17. The summed E-state index contributed by atoms with van der Waals surface area (Å²) in [5.74, 6) is -0.325. The molecule has 0 aliphatic heterocycles. The first-order valence-electron chi connectivity index (χ1n) is 18.3. The number of amides is 2. The third kappa shape index (κ3) is 15.8. The number of ether oxygens (including phenoxy) is 5. The summed E-state index contributed by atoms with van der Waals surface area (Å²) >= 11 is 1.57. The van der Waals surface area contributed by atoms with Crippen LogP contribution in [0.5, 0.6) is 5.75 Å². The van der Waals surface area contributed by atoms with Gasteiger partial charge in [-0.25, -0.2) is 4.98 Å². The molecule has 2 aromatic carbocycles. The van der Waals surface area contributed by atoms with Crippen molar-refractivity contribution >= 4 is 45.0 Å². The van der Waals surface area contributed by atoms with E-state index in [9.17, 15) is 19.5 Å². The molecule has 0 saturated carbocycles. The number of anilines is 1. The summed E-state index contributed by atoms with van der Waals surface area (Å²) in [6.45, 7) is 6.31. The molecule has 1 atom stereocenters. The van der Waals surface area contributed by atoms with E-state index < -0.39 is 17.9 Å². The van der Waals surface area contributed by atoms with Crippen molar-refractivity contribution in [3.8, 4) is 16.9 Å². The number of benzene rings is 2. The van der Waals surface area contributed by atoms with Gasteiger partial charge in [0.2, 0.25) is 11.8 Å². The van der Waals surface area contributed by atoms with Crippen LogP contribution in [0.4, 0.5) is 5.82 Å². The van der Waals surface area contributed by atoms with E-state index in [-0.39, 0.29) is 25.3 Å². The Bertz CT molecular complexity index is 1870. The Morgan fingerprint density at radius 1 is 0.893 bits per heavy atom. The van der Waals surface area contributed by atoms with Gasteiger partial charge in [-0.3, -0.25) is 14.4 Å². The minimum Gasteiger partial charge on any atom is -0.490 e. The van der Waals surface area contributed by atoms with E-state index in [0.717, 1.165) is 38.3 Å². The van der Waals surface area contributed by atoms with Gasteiger partial charge in [-0.05, 0) is 76.8 Å². The number of fused-ring (bicyclic) bond motifs is 1. The monoisotopic (exact) mass is 791 g/mol. The molecule has 4 rings (SSSR count). The Balaban J connectivity index is 1.17. The van der Waals surface area contributed by atoms with Gasteiger partial charge in [-0.2, -0.15) is 0 Å². The first kappa shape index (κ1) is 43.4. The zero-order valence-electron chi connectivity index (χ0n) is 31.4. The highest BCUT2D eigenvalue weighted by molar-refractivity contribution is 7.17. The van der Waals surface area contributed by atoms with Gasteiger partial charge < -0.3 is 44.7 Å². The highest BCUT2D eigenvalue weighted by atomic mass is 32.1.